The summed E-state index contributed by atoms with van der Waals surface area (Å²) < 4.78 is 2.39. The first kappa shape index (κ1) is 22.6. The van der Waals surface area contributed by atoms with Crippen LogP contribution in [0.4, 0.5) is 0 Å². The number of benzene rings is 3. The van der Waals surface area contributed by atoms with Gasteiger partial charge in [-0.2, -0.15) is 0 Å². The second-order valence-electron chi connectivity index (χ2n) is 8.15. The van der Waals surface area contributed by atoms with Crippen LogP contribution in [0, 0.1) is 6.92 Å². The molecule has 0 N–H and O–H groups in total. The molecule has 1 aliphatic carbocycles. The fraction of sp³-hybridized carbons (Fsp3) is 0.188. The van der Waals surface area contributed by atoms with E-state index in [1.807, 2.05) is 13.8 Å². The van der Waals surface area contributed by atoms with Crippen LogP contribution in [0.25, 0.3) is 33.8 Å². The smallest absolute Gasteiger partial charge is 0.0537 e. The van der Waals surface area contributed by atoms with Crippen LogP contribution in [-0.4, -0.2) is 4.57 Å². The van der Waals surface area contributed by atoms with E-state index in [1.54, 1.807) is 0 Å². The standard InChI is InChI=1S/C30H27N.C2H6/c1-3-11-29-22(2)28-18-7-8-19-30(28)31(29)27-17-10-16-26(21-27)25-15-9-14-24(20-25)23-12-5-4-6-13-23;1-2/h3-8,10-14,16-21H,9,15H2,1-2H3;1-2H3/b11-3-;. The molecular formula is C32H33N. The highest BCUT2D eigenvalue weighted by atomic mass is 15.0. The molecule has 0 saturated carbocycles. The third-order valence-corrected chi connectivity index (χ3v) is 6.19. The van der Waals surface area contributed by atoms with Crippen LogP contribution in [-0.2, 0) is 0 Å². The second kappa shape index (κ2) is 10.4. The molecule has 0 fully saturated rings. The molecule has 3 aromatic carbocycles. The number of aryl methyl sites for hydroxylation is 1. The molecule has 33 heavy (non-hydrogen) atoms. The molecule has 1 nitrogen and oxygen atoms in total. The fourth-order valence-electron chi connectivity index (χ4n) is 4.66. The molecule has 5 rings (SSSR count). The maximum atomic E-state index is 2.39. The second-order valence-corrected chi connectivity index (χ2v) is 8.15. The Hall–Kier alpha value is -3.58. The first-order valence-electron chi connectivity index (χ1n) is 12.1. The highest BCUT2D eigenvalue weighted by molar-refractivity contribution is 5.90. The van der Waals surface area contributed by atoms with Gasteiger partial charge in [-0.15, -0.1) is 0 Å². The van der Waals surface area contributed by atoms with E-state index in [1.165, 1.54) is 50.1 Å². The van der Waals surface area contributed by atoms with E-state index < -0.39 is 0 Å². The van der Waals surface area contributed by atoms with Crippen LogP contribution < -0.4 is 0 Å². The lowest BCUT2D eigenvalue weighted by atomic mass is 9.90. The zero-order chi connectivity index (χ0) is 23.2. The molecule has 1 aromatic heterocycles. The first-order valence-corrected chi connectivity index (χ1v) is 12.1. The molecule has 4 aromatic rings. The van der Waals surface area contributed by atoms with Crippen molar-refractivity contribution >= 4 is 28.1 Å². The average molecular weight is 432 g/mol. The van der Waals surface area contributed by atoms with Crippen LogP contribution in [0.2, 0.25) is 0 Å². The molecule has 0 bridgehead atoms. The lowest BCUT2D eigenvalue weighted by molar-refractivity contribution is 1.05. The van der Waals surface area contributed by atoms with Crippen molar-refractivity contribution in [1.82, 2.24) is 4.57 Å². The third kappa shape index (κ3) is 4.50. The maximum absolute atomic E-state index is 2.39. The summed E-state index contributed by atoms with van der Waals surface area (Å²) >= 11 is 0. The monoisotopic (exact) mass is 431 g/mol. The van der Waals surface area contributed by atoms with Gasteiger partial charge >= 0.3 is 0 Å². The van der Waals surface area contributed by atoms with Crippen molar-refractivity contribution in [3.8, 4) is 5.69 Å². The molecule has 0 unspecified atom stereocenters. The van der Waals surface area contributed by atoms with Crippen LogP contribution in [0.3, 0.4) is 0 Å². The van der Waals surface area contributed by atoms with Crippen LogP contribution in [0.5, 0.6) is 0 Å². The van der Waals surface area contributed by atoms with Crippen molar-refractivity contribution in [1.29, 1.82) is 0 Å². The number of rotatable bonds is 4. The Labute approximate surface area is 198 Å². The number of para-hydroxylation sites is 1. The molecule has 1 aliphatic rings. The van der Waals surface area contributed by atoms with Gasteiger partial charge in [0.2, 0.25) is 0 Å². The summed E-state index contributed by atoms with van der Waals surface area (Å²) in [5.74, 6) is 0. The third-order valence-electron chi connectivity index (χ3n) is 6.19. The lowest BCUT2D eigenvalue weighted by Gasteiger charge is -2.17. The summed E-state index contributed by atoms with van der Waals surface area (Å²) in [5, 5.41) is 1.31. The number of hydrogen-bond acceptors (Lipinski definition) is 0. The van der Waals surface area contributed by atoms with Crippen molar-refractivity contribution in [3.05, 3.63) is 119 Å². The Morgan fingerprint density at radius 3 is 2.33 bits per heavy atom. The SMILES string of the molecule is C/C=C\c1c(C)c2ccccc2n1-c1cccc(C2=CC(c3ccccc3)=CCC2)c1.CC. The molecule has 0 atom stereocenters. The summed E-state index contributed by atoms with van der Waals surface area (Å²) in [4.78, 5) is 0. The van der Waals surface area contributed by atoms with Crippen LogP contribution in [0.1, 0.15) is 56.0 Å². The van der Waals surface area contributed by atoms with Crippen molar-refractivity contribution in [2.75, 3.05) is 0 Å². The normalized spacial score (nSPS) is 13.5. The fourth-order valence-corrected chi connectivity index (χ4v) is 4.66. The predicted octanol–water partition coefficient (Wildman–Crippen LogP) is 9.26. The van der Waals surface area contributed by atoms with Crippen LogP contribution >= 0.6 is 0 Å². The van der Waals surface area contributed by atoms with Gasteiger partial charge in [0, 0.05) is 16.8 Å². The number of nitrogens with zero attached hydrogens (tertiary/aromatic N) is 1. The molecule has 0 spiro atoms. The van der Waals surface area contributed by atoms with Crippen molar-refractivity contribution in [3.63, 3.8) is 0 Å². The van der Waals surface area contributed by atoms with Gasteiger partial charge in [-0.25, -0.2) is 0 Å². The van der Waals surface area contributed by atoms with Gasteiger partial charge in [-0.05, 0) is 78.8 Å². The maximum Gasteiger partial charge on any atom is 0.0537 e. The van der Waals surface area contributed by atoms with Crippen molar-refractivity contribution < 1.29 is 0 Å². The van der Waals surface area contributed by atoms with Crippen LogP contribution in [0.15, 0.2) is 97.1 Å². The van der Waals surface area contributed by atoms with E-state index in [-0.39, 0.29) is 0 Å². The van der Waals surface area contributed by atoms with E-state index in [0.29, 0.717) is 0 Å². The van der Waals surface area contributed by atoms with Gasteiger partial charge in [0.15, 0.2) is 0 Å². The van der Waals surface area contributed by atoms with E-state index in [9.17, 15) is 0 Å². The first-order chi connectivity index (χ1) is 16.3. The summed E-state index contributed by atoms with van der Waals surface area (Å²) in [6, 6.07) is 28.4. The average Bonchev–Trinajstić information content (AvgIpc) is 3.18. The highest BCUT2D eigenvalue weighted by Crippen LogP contribution is 2.34. The van der Waals surface area contributed by atoms with Gasteiger partial charge in [-0.3, -0.25) is 0 Å². The Morgan fingerprint density at radius 2 is 1.55 bits per heavy atom. The van der Waals surface area contributed by atoms with Gasteiger partial charge in [0.1, 0.15) is 0 Å². The molecule has 0 radical (unpaired) electrons. The van der Waals surface area contributed by atoms with Gasteiger partial charge < -0.3 is 4.57 Å². The van der Waals surface area contributed by atoms with E-state index in [2.05, 4.69) is 122 Å². The summed E-state index contributed by atoms with van der Waals surface area (Å²) in [7, 11) is 0. The van der Waals surface area contributed by atoms with Crippen molar-refractivity contribution in [2.24, 2.45) is 0 Å². The highest BCUT2D eigenvalue weighted by Gasteiger charge is 2.15. The number of fused-ring (bicyclic) bond motifs is 1. The minimum Gasteiger partial charge on any atom is -0.310 e. The van der Waals surface area contributed by atoms with Gasteiger partial charge in [-0.1, -0.05) is 92.7 Å². The van der Waals surface area contributed by atoms with E-state index in [0.717, 1.165) is 12.8 Å². The molecule has 0 amide bonds. The topological polar surface area (TPSA) is 4.93 Å². The number of aromatic nitrogens is 1. The zero-order valence-electron chi connectivity index (χ0n) is 20.2. The summed E-state index contributed by atoms with van der Waals surface area (Å²) in [5.41, 5.74) is 10.4. The van der Waals surface area contributed by atoms with Gasteiger partial charge in [0.25, 0.3) is 0 Å². The minimum atomic E-state index is 1.08. The Morgan fingerprint density at radius 1 is 0.818 bits per heavy atom. The summed E-state index contributed by atoms with van der Waals surface area (Å²) in [6.07, 6.45) is 11.2. The molecule has 166 valence electrons. The summed E-state index contributed by atoms with van der Waals surface area (Å²) in [6.45, 7) is 8.31. The number of allylic oxidation sites excluding steroid dienone is 5. The lowest BCUT2D eigenvalue weighted by Crippen LogP contribution is -1.99. The molecule has 0 aliphatic heterocycles. The molecule has 1 heteroatoms. The molecule has 0 saturated heterocycles. The van der Waals surface area contributed by atoms with Gasteiger partial charge in [0.05, 0.1) is 5.52 Å². The quantitative estimate of drug-likeness (QED) is 0.303. The largest absolute Gasteiger partial charge is 0.310 e. The predicted molar refractivity (Wildman–Crippen MR) is 146 cm³/mol. The number of hydrogen-bond donors (Lipinski definition) is 0. The Balaban J connectivity index is 0.00000126. The van der Waals surface area contributed by atoms with E-state index in [4.69, 9.17) is 0 Å². The Kier molecular flexibility index (Phi) is 7.10. The van der Waals surface area contributed by atoms with Crippen molar-refractivity contribution in [2.45, 2.75) is 40.5 Å². The Bertz CT molecular complexity index is 1330. The minimum absolute atomic E-state index is 1.08. The van der Waals surface area contributed by atoms with E-state index >= 15 is 0 Å². The molecular weight excluding hydrogens is 398 g/mol. The molecule has 1 heterocycles. The zero-order valence-corrected chi connectivity index (χ0v) is 20.2.